The van der Waals surface area contributed by atoms with Gasteiger partial charge < -0.3 is 15.0 Å². The number of amides is 2. The van der Waals surface area contributed by atoms with Crippen molar-refractivity contribution in [2.45, 2.75) is 32.8 Å². The van der Waals surface area contributed by atoms with Crippen LogP contribution in [-0.4, -0.2) is 24.5 Å². The summed E-state index contributed by atoms with van der Waals surface area (Å²) in [6.45, 7) is 4.40. The van der Waals surface area contributed by atoms with E-state index < -0.39 is 0 Å². The minimum atomic E-state index is -0.184. The summed E-state index contributed by atoms with van der Waals surface area (Å²) >= 11 is 3.39. The minimum absolute atomic E-state index is 0.0747. The SMILES string of the molecule is Cc1ccc2c(c1)N(C(=O)CCC(=O)Nc1ccccc1Br)C[C@@H](C)O2. The van der Waals surface area contributed by atoms with E-state index in [1.54, 1.807) is 4.90 Å². The quantitative estimate of drug-likeness (QED) is 0.808. The molecule has 1 aliphatic heterocycles. The van der Waals surface area contributed by atoms with Gasteiger partial charge in [0.25, 0.3) is 0 Å². The molecule has 0 saturated carbocycles. The zero-order chi connectivity index (χ0) is 18.7. The molecule has 0 spiro atoms. The van der Waals surface area contributed by atoms with Crippen molar-refractivity contribution in [1.29, 1.82) is 0 Å². The third-order valence-electron chi connectivity index (χ3n) is 4.19. The van der Waals surface area contributed by atoms with Crippen LogP contribution in [0.3, 0.4) is 0 Å². The van der Waals surface area contributed by atoms with E-state index in [1.165, 1.54) is 0 Å². The predicted octanol–water partition coefficient (Wildman–Crippen LogP) is 4.29. The molecule has 0 unspecified atom stereocenters. The van der Waals surface area contributed by atoms with Crippen molar-refractivity contribution in [2.24, 2.45) is 0 Å². The molecule has 0 saturated heterocycles. The summed E-state index contributed by atoms with van der Waals surface area (Å²) in [4.78, 5) is 26.6. The van der Waals surface area contributed by atoms with E-state index in [4.69, 9.17) is 4.74 Å². The van der Waals surface area contributed by atoms with Gasteiger partial charge in [-0.2, -0.15) is 0 Å². The highest BCUT2D eigenvalue weighted by atomic mass is 79.9. The molecule has 26 heavy (non-hydrogen) atoms. The number of carbonyl (C=O) groups is 2. The molecule has 0 aromatic heterocycles. The first-order chi connectivity index (χ1) is 12.4. The maximum absolute atomic E-state index is 12.7. The summed E-state index contributed by atoms with van der Waals surface area (Å²) in [5, 5.41) is 2.82. The van der Waals surface area contributed by atoms with E-state index in [0.29, 0.717) is 18.0 Å². The van der Waals surface area contributed by atoms with Gasteiger partial charge in [0.1, 0.15) is 11.9 Å². The Morgan fingerprint density at radius 2 is 2.00 bits per heavy atom. The van der Waals surface area contributed by atoms with Crippen LogP contribution in [0.2, 0.25) is 0 Å². The van der Waals surface area contributed by atoms with Crippen LogP contribution in [0.25, 0.3) is 0 Å². The molecule has 1 heterocycles. The average Bonchev–Trinajstić information content (AvgIpc) is 2.61. The summed E-state index contributed by atoms with van der Waals surface area (Å²) in [7, 11) is 0. The van der Waals surface area contributed by atoms with Gasteiger partial charge in [-0.25, -0.2) is 0 Å². The van der Waals surface area contributed by atoms with Crippen molar-refractivity contribution in [2.75, 3.05) is 16.8 Å². The van der Waals surface area contributed by atoms with E-state index in [2.05, 4.69) is 21.2 Å². The molecule has 1 N–H and O–H groups in total. The van der Waals surface area contributed by atoms with Gasteiger partial charge in [0.05, 0.1) is 17.9 Å². The van der Waals surface area contributed by atoms with E-state index in [9.17, 15) is 9.59 Å². The molecule has 1 atom stereocenters. The third kappa shape index (κ3) is 4.25. The Balaban J connectivity index is 1.64. The average molecular weight is 417 g/mol. The smallest absolute Gasteiger partial charge is 0.227 e. The van der Waals surface area contributed by atoms with Crippen LogP contribution < -0.4 is 15.0 Å². The van der Waals surface area contributed by atoms with Gasteiger partial charge in [0, 0.05) is 17.3 Å². The standard InChI is InChI=1S/C20H21BrN2O3/c1-13-7-8-18-17(11-13)23(12-14(2)26-18)20(25)10-9-19(24)22-16-6-4-3-5-15(16)21/h3-8,11,14H,9-10,12H2,1-2H3,(H,22,24)/t14-/m1/s1. The number of anilines is 2. The van der Waals surface area contributed by atoms with Gasteiger partial charge in [-0.05, 0) is 59.6 Å². The Hall–Kier alpha value is -2.34. The van der Waals surface area contributed by atoms with Gasteiger partial charge in [0.2, 0.25) is 11.8 Å². The molecule has 0 fully saturated rings. The number of hydrogen-bond acceptors (Lipinski definition) is 3. The lowest BCUT2D eigenvalue weighted by molar-refractivity contribution is -0.122. The molecule has 2 aromatic carbocycles. The number of fused-ring (bicyclic) bond motifs is 1. The van der Waals surface area contributed by atoms with Gasteiger partial charge in [-0.15, -0.1) is 0 Å². The fourth-order valence-corrected chi connectivity index (χ4v) is 3.30. The molecule has 0 radical (unpaired) electrons. The largest absolute Gasteiger partial charge is 0.487 e. The molecule has 2 aromatic rings. The Morgan fingerprint density at radius 1 is 1.23 bits per heavy atom. The fourth-order valence-electron chi connectivity index (χ4n) is 2.91. The lowest BCUT2D eigenvalue weighted by Crippen LogP contribution is -2.42. The van der Waals surface area contributed by atoms with E-state index in [-0.39, 0.29) is 30.8 Å². The Morgan fingerprint density at radius 3 is 2.77 bits per heavy atom. The maximum Gasteiger partial charge on any atom is 0.227 e. The second kappa shape index (κ2) is 7.91. The van der Waals surface area contributed by atoms with Gasteiger partial charge in [-0.1, -0.05) is 18.2 Å². The highest BCUT2D eigenvalue weighted by Crippen LogP contribution is 2.34. The molecular weight excluding hydrogens is 396 g/mol. The third-order valence-corrected chi connectivity index (χ3v) is 4.88. The summed E-state index contributed by atoms with van der Waals surface area (Å²) in [5.41, 5.74) is 2.54. The van der Waals surface area contributed by atoms with Crippen LogP contribution in [0.15, 0.2) is 46.9 Å². The van der Waals surface area contributed by atoms with Crippen molar-refractivity contribution >= 4 is 39.1 Å². The lowest BCUT2D eigenvalue weighted by Gasteiger charge is -2.33. The Kier molecular flexibility index (Phi) is 5.61. The number of ether oxygens (including phenoxy) is 1. The molecule has 3 rings (SSSR count). The zero-order valence-electron chi connectivity index (χ0n) is 14.8. The van der Waals surface area contributed by atoms with Crippen molar-refractivity contribution in [3.8, 4) is 5.75 Å². The predicted molar refractivity (Wildman–Crippen MR) is 106 cm³/mol. The van der Waals surface area contributed by atoms with Crippen molar-refractivity contribution in [3.05, 3.63) is 52.5 Å². The first-order valence-electron chi connectivity index (χ1n) is 8.56. The fraction of sp³-hybridized carbons (Fsp3) is 0.300. The topological polar surface area (TPSA) is 58.6 Å². The summed E-state index contributed by atoms with van der Waals surface area (Å²) < 4.78 is 6.62. The van der Waals surface area contributed by atoms with Crippen LogP contribution in [0, 0.1) is 6.92 Å². The number of halogens is 1. The highest BCUT2D eigenvalue weighted by molar-refractivity contribution is 9.10. The van der Waals surface area contributed by atoms with Crippen LogP contribution in [0.5, 0.6) is 5.75 Å². The van der Waals surface area contributed by atoms with E-state index >= 15 is 0 Å². The minimum Gasteiger partial charge on any atom is -0.487 e. The van der Waals surface area contributed by atoms with Crippen molar-refractivity contribution in [1.82, 2.24) is 0 Å². The monoisotopic (exact) mass is 416 g/mol. The van der Waals surface area contributed by atoms with Gasteiger partial charge in [-0.3, -0.25) is 9.59 Å². The van der Waals surface area contributed by atoms with Crippen LogP contribution >= 0.6 is 15.9 Å². The molecule has 6 heteroatoms. The zero-order valence-corrected chi connectivity index (χ0v) is 16.4. The van der Waals surface area contributed by atoms with E-state index in [0.717, 1.165) is 15.7 Å². The first kappa shape index (κ1) is 18.5. The molecule has 136 valence electrons. The highest BCUT2D eigenvalue weighted by Gasteiger charge is 2.27. The number of rotatable bonds is 4. The second-order valence-electron chi connectivity index (χ2n) is 6.43. The molecule has 0 bridgehead atoms. The van der Waals surface area contributed by atoms with Crippen LogP contribution in [-0.2, 0) is 9.59 Å². The number of nitrogens with zero attached hydrogens (tertiary/aromatic N) is 1. The molecular formula is C20H21BrN2O3. The number of para-hydroxylation sites is 1. The first-order valence-corrected chi connectivity index (χ1v) is 9.35. The number of nitrogens with one attached hydrogen (secondary N) is 1. The van der Waals surface area contributed by atoms with Gasteiger partial charge in [0.15, 0.2) is 0 Å². The Labute approximate surface area is 161 Å². The molecule has 0 aliphatic carbocycles. The molecule has 1 aliphatic rings. The van der Waals surface area contributed by atoms with Crippen LogP contribution in [0.4, 0.5) is 11.4 Å². The van der Waals surface area contributed by atoms with Crippen LogP contribution in [0.1, 0.15) is 25.3 Å². The Bertz CT molecular complexity index is 838. The summed E-state index contributed by atoms with van der Waals surface area (Å²) in [5.74, 6) is 0.450. The van der Waals surface area contributed by atoms with Crippen molar-refractivity contribution < 1.29 is 14.3 Å². The second-order valence-corrected chi connectivity index (χ2v) is 7.29. The number of carbonyl (C=O) groups excluding carboxylic acids is 2. The number of hydrogen-bond donors (Lipinski definition) is 1. The van der Waals surface area contributed by atoms with Crippen molar-refractivity contribution in [3.63, 3.8) is 0 Å². The number of benzene rings is 2. The lowest BCUT2D eigenvalue weighted by atomic mass is 10.1. The maximum atomic E-state index is 12.7. The number of aryl methyl sites for hydroxylation is 1. The molecule has 2 amide bonds. The van der Waals surface area contributed by atoms with Gasteiger partial charge >= 0.3 is 0 Å². The summed E-state index contributed by atoms with van der Waals surface area (Å²) in [6.07, 6.45) is 0.201. The van der Waals surface area contributed by atoms with E-state index in [1.807, 2.05) is 56.3 Å². The molecule has 5 nitrogen and oxygen atoms in total. The summed E-state index contributed by atoms with van der Waals surface area (Å²) in [6, 6.07) is 13.2. The normalized spacial score (nSPS) is 15.8.